The van der Waals surface area contributed by atoms with E-state index in [9.17, 15) is 4.79 Å². The molecular weight excluding hydrogens is 370 g/mol. The molecule has 1 aromatic carbocycles. The van der Waals surface area contributed by atoms with Crippen molar-refractivity contribution in [2.75, 3.05) is 20.2 Å². The summed E-state index contributed by atoms with van der Waals surface area (Å²) >= 11 is 0. The number of benzene rings is 1. The molecule has 148 valence electrons. The predicted molar refractivity (Wildman–Crippen MR) is 106 cm³/mol. The van der Waals surface area contributed by atoms with Crippen molar-refractivity contribution in [2.24, 2.45) is 0 Å². The molecule has 1 aliphatic rings. The van der Waals surface area contributed by atoms with Crippen LogP contribution in [0.25, 0.3) is 16.6 Å². The second-order valence-corrected chi connectivity index (χ2v) is 7.36. The average molecular weight is 391 g/mol. The van der Waals surface area contributed by atoms with Gasteiger partial charge in [-0.3, -0.25) is 4.79 Å². The molecule has 0 bridgehead atoms. The number of ether oxygens (including phenoxy) is 1. The van der Waals surface area contributed by atoms with Crippen LogP contribution in [0.15, 0.2) is 40.8 Å². The number of carbonyl (C=O) groups excluding carboxylic acids is 1. The van der Waals surface area contributed by atoms with Crippen LogP contribution in [-0.2, 0) is 0 Å². The summed E-state index contributed by atoms with van der Waals surface area (Å²) in [5.74, 6) is 1.96. The number of rotatable bonds is 3. The zero-order valence-corrected chi connectivity index (χ0v) is 16.3. The van der Waals surface area contributed by atoms with E-state index in [1.807, 2.05) is 46.7 Å². The maximum absolute atomic E-state index is 13.0. The van der Waals surface area contributed by atoms with E-state index in [4.69, 9.17) is 9.15 Å². The molecule has 0 saturated carbocycles. The molecule has 1 fully saturated rings. The zero-order chi connectivity index (χ0) is 20.0. The topological polar surface area (TPSA) is 85.8 Å². The van der Waals surface area contributed by atoms with E-state index >= 15 is 0 Å². The van der Waals surface area contributed by atoms with E-state index in [2.05, 4.69) is 15.3 Å². The predicted octanol–water partition coefficient (Wildman–Crippen LogP) is 3.21. The number of nitrogens with zero attached hydrogens (tertiary/aromatic N) is 5. The lowest BCUT2D eigenvalue weighted by molar-refractivity contribution is 0.0680. The van der Waals surface area contributed by atoms with Gasteiger partial charge in [0, 0.05) is 24.4 Å². The fourth-order valence-electron chi connectivity index (χ4n) is 3.95. The number of aryl methyl sites for hydroxylation is 1. The Morgan fingerprint density at radius 1 is 1.17 bits per heavy atom. The number of carbonyl (C=O) groups is 1. The molecule has 0 unspecified atom stereocenters. The smallest absolute Gasteiger partial charge is 0.289 e. The quantitative estimate of drug-likeness (QED) is 0.533. The number of aromatic nitrogens is 4. The van der Waals surface area contributed by atoms with Crippen molar-refractivity contribution in [1.82, 2.24) is 24.7 Å². The molecule has 3 aromatic heterocycles. The van der Waals surface area contributed by atoms with Crippen LogP contribution in [0.5, 0.6) is 5.75 Å². The normalized spacial score (nSPS) is 15.3. The number of fused-ring (bicyclic) bond motifs is 2. The maximum atomic E-state index is 13.0. The van der Waals surface area contributed by atoms with Crippen LogP contribution in [0.3, 0.4) is 0 Å². The van der Waals surface area contributed by atoms with Crippen LogP contribution in [0.4, 0.5) is 0 Å². The summed E-state index contributed by atoms with van der Waals surface area (Å²) in [5.41, 5.74) is 2.27. The van der Waals surface area contributed by atoms with Crippen LogP contribution in [0.1, 0.15) is 40.8 Å². The summed E-state index contributed by atoms with van der Waals surface area (Å²) in [6.07, 6.45) is 1.62. The monoisotopic (exact) mass is 391 g/mol. The van der Waals surface area contributed by atoms with Gasteiger partial charge in [0.05, 0.1) is 12.8 Å². The number of likely N-dealkylation sites (tertiary alicyclic amines) is 1. The van der Waals surface area contributed by atoms with Gasteiger partial charge in [-0.2, -0.15) is 9.61 Å². The molecule has 4 aromatic rings. The van der Waals surface area contributed by atoms with Crippen LogP contribution in [-0.4, -0.2) is 50.8 Å². The highest BCUT2D eigenvalue weighted by Gasteiger charge is 2.29. The van der Waals surface area contributed by atoms with Crippen molar-refractivity contribution >= 4 is 22.5 Å². The number of amides is 1. The van der Waals surface area contributed by atoms with Gasteiger partial charge in [0.2, 0.25) is 0 Å². The molecule has 8 nitrogen and oxygen atoms in total. The zero-order valence-electron chi connectivity index (χ0n) is 16.3. The SMILES string of the molecule is COc1cccc2cc(C(=O)N3CCC(c4nnc5ccc(C)nn45)CC3)oc12. The molecule has 1 aliphatic heterocycles. The Hall–Kier alpha value is -3.42. The third-order valence-corrected chi connectivity index (χ3v) is 5.51. The molecule has 5 rings (SSSR count). The molecule has 0 radical (unpaired) electrons. The minimum absolute atomic E-state index is 0.0956. The highest BCUT2D eigenvalue weighted by atomic mass is 16.5. The lowest BCUT2D eigenvalue weighted by atomic mass is 9.96. The van der Waals surface area contributed by atoms with E-state index in [-0.39, 0.29) is 11.8 Å². The van der Waals surface area contributed by atoms with Gasteiger partial charge in [0.1, 0.15) is 0 Å². The Kier molecular flexibility index (Phi) is 4.19. The van der Waals surface area contributed by atoms with Crippen LogP contribution in [0.2, 0.25) is 0 Å². The molecule has 0 atom stereocenters. The number of methoxy groups -OCH3 is 1. The molecule has 4 heterocycles. The second kappa shape index (κ2) is 6.88. The Morgan fingerprint density at radius 2 is 2.00 bits per heavy atom. The molecule has 29 heavy (non-hydrogen) atoms. The van der Waals surface area contributed by atoms with Crippen LogP contribution in [0, 0.1) is 6.92 Å². The fraction of sp³-hybridized carbons (Fsp3) is 0.333. The third-order valence-electron chi connectivity index (χ3n) is 5.51. The summed E-state index contributed by atoms with van der Waals surface area (Å²) in [5, 5.41) is 14.0. The maximum Gasteiger partial charge on any atom is 0.289 e. The summed E-state index contributed by atoms with van der Waals surface area (Å²) in [6.45, 7) is 3.23. The Balaban J connectivity index is 1.34. The molecule has 0 spiro atoms. The fourth-order valence-corrected chi connectivity index (χ4v) is 3.95. The van der Waals surface area contributed by atoms with Crippen molar-refractivity contribution in [3.63, 3.8) is 0 Å². The van der Waals surface area contributed by atoms with E-state index in [1.165, 1.54) is 0 Å². The van der Waals surface area contributed by atoms with Crippen molar-refractivity contribution < 1.29 is 13.9 Å². The van der Waals surface area contributed by atoms with Crippen molar-refractivity contribution in [3.8, 4) is 5.75 Å². The molecule has 0 N–H and O–H groups in total. The number of para-hydroxylation sites is 1. The van der Waals surface area contributed by atoms with Crippen molar-refractivity contribution in [3.05, 3.63) is 53.7 Å². The van der Waals surface area contributed by atoms with Gasteiger partial charge in [-0.1, -0.05) is 12.1 Å². The number of piperidine rings is 1. The minimum Gasteiger partial charge on any atom is -0.493 e. The highest BCUT2D eigenvalue weighted by Crippen LogP contribution is 2.31. The Morgan fingerprint density at radius 3 is 2.79 bits per heavy atom. The first-order valence-electron chi connectivity index (χ1n) is 9.69. The molecular formula is C21H21N5O3. The summed E-state index contributed by atoms with van der Waals surface area (Å²) in [4.78, 5) is 14.8. The standard InChI is InChI=1S/C21H21N5O3/c1-13-6-7-18-22-23-20(26(18)24-13)14-8-10-25(11-9-14)21(27)17-12-15-4-3-5-16(28-2)19(15)29-17/h3-7,12,14H,8-11H2,1-2H3. The first-order valence-corrected chi connectivity index (χ1v) is 9.69. The summed E-state index contributed by atoms with van der Waals surface area (Å²) < 4.78 is 13.0. The largest absolute Gasteiger partial charge is 0.493 e. The lowest BCUT2D eigenvalue weighted by Gasteiger charge is -2.30. The molecule has 8 heteroatoms. The minimum atomic E-state index is -0.0956. The molecule has 1 amide bonds. The number of furan rings is 1. The van der Waals surface area contributed by atoms with E-state index in [0.717, 1.165) is 35.4 Å². The second-order valence-electron chi connectivity index (χ2n) is 7.36. The van der Waals surface area contributed by atoms with Gasteiger partial charge in [-0.15, -0.1) is 10.2 Å². The van der Waals surface area contributed by atoms with Gasteiger partial charge < -0.3 is 14.1 Å². The van der Waals surface area contributed by atoms with E-state index < -0.39 is 0 Å². The van der Waals surface area contributed by atoms with E-state index in [1.54, 1.807) is 13.2 Å². The van der Waals surface area contributed by atoms with Gasteiger partial charge in [-0.05, 0) is 44.0 Å². The van der Waals surface area contributed by atoms with Crippen LogP contribution >= 0.6 is 0 Å². The summed E-state index contributed by atoms with van der Waals surface area (Å²) in [7, 11) is 1.59. The van der Waals surface area contributed by atoms with Gasteiger partial charge in [-0.25, -0.2) is 0 Å². The van der Waals surface area contributed by atoms with Gasteiger partial charge in [0.15, 0.2) is 28.6 Å². The average Bonchev–Trinajstić information content (AvgIpc) is 3.37. The number of hydrogen-bond donors (Lipinski definition) is 0. The summed E-state index contributed by atoms with van der Waals surface area (Å²) in [6, 6.07) is 11.3. The molecule has 0 aliphatic carbocycles. The number of hydrogen-bond acceptors (Lipinski definition) is 6. The molecule has 1 saturated heterocycles. The van der Waals surface area contributed by atoms with E-state index in [0.29, 0.717) is 30.2 Å². The first kappa shape index (κ1) is 17.7. The Bertz CT molecular complexity index is 1200. The van der Waals surface area contributed by atoms with Gasteiger partial charge >= 0.3 is 0 Å². The van der Waals surface area contributed by atoms with Crippen molar-refractivity contribution in [1.29, 1.82) is 0 Å². The van der Waals surface area contributed by atoms with Crippen molar-refractivity contribution in [2.45, 2.75) is 25.7 Å². The van der Waals surface area contributed by atoms with Gasteiger partial charge in [0.25, 0.3) is 5.91 Å². The first-order chi connectivity index (χ1) is 14.1. The Labute approximate surface area is 167 Å². The van der Waals surface area contributed by atoms with Crippen LogP contribution < -0.4 is 4.74 Å². The lowest BCUT2D eigenvalue weighted by Crippen LogP contribution is -2.38. The third kappa shape index (κ3) is 3.00. The highest BCUT2D eigenvalue weighted by molar-refractivity contribution is 5.97.